The van der Waals surface area contributed by atoms with Crippen LogP contribution < -0.4 is 21.3 Å². The van der Waals surface area contributed by atoms with Crippen LogP contribution in [-0.4, -0.2) is 49.7 Å². The van der Waals surface area contributed by atoms with Crippen molar-refractivity contribution in [3.05, 3.63) is 89.5 Å². The van der Waals surface area contributed by atoms with E-state index in [1.807, 2.05) is 30.3 Å². The number of nitrogens with zero attached hydrogens (tertiary/aromatic N) is 2. The minimum Gasteiger partial charge on any atom is -0.328 e. The summed E-state index contributed by atoms with van der Waals surface area (Å²) >= 11 is 0. The predicted molar refractivity (Wildman–Crippen MR) is 149 cm³/mol. The molecule has 0 radical (unpaired) electrons. The van der Waals surface area contributed by atoms with Gasteiger partial charge in [0.05, 0.1) is 23.5 Å². The smallest absolute Gasteiger partial charge is 0.328 e. The Morgan fingerprint density at radius 3 is 2.41 bits per heavy atom. The quantitative estimate of drug-likeness (QED) is 0.416. The molecule has 2 atom stereocenters. The van der Waals surface area contributed by atoms with Crippen LogP contribution in [0.5, 0.6) is 0 Å². The van der Waals surface area contributed by atoms with Crippen LogP contribution in [0, 0.1) is 0 Å². The van der Waals surface area contributed by atoms with Gasteiger partial charge in [0.15, 0.2) is 0 Å². The van der Waals surface area contributed by atoms with Gasteiger partial charge in [-0.05, 0) is 66.9 Å². The summed E-state index contributed by atoms with van der Waals surface area (Å²) in [5.74, 6) is -0.570. The summed E-state index contributed by atoms with van der Waals surface area (Å²) in [6.45, 7) is 1.96. The maximum Gasteiger partial charge on any atom is 0.331 e. The molecule has 0 saturated carbocycles. The van der Waals surface area contributed by atoms with Crippen molar-refractivity contribution in [2.45, 2.75) is 30.3 Å². The van der Waals surface area contributed by atoms with Crippen LogP contribution >= 0.6 is 12.4 Å². The van der Waals surface area contributed by atoms with Crippen LogP contribution in [0.25, 0.3) is 0 Å². The number of nitrogens with one attached hydrogen (secondary N) is 2. The number of hydrogen-bond acceptors (Lipinski definition) is 6. The van der Waals surface area contributed by atoms with Crippen molar-refractivity contribution in [1.82, 2.24) is 9.62 Å². The predicted octanol–water partition coefficient (Wildman–Crippen LogP) is 3.05. The van der Waals surface area contributed by atoms with E-state index in [9.17, 15) is 22.8 Å². The molecule has 3 aromatic rings. The van der Waals surface area contributed by atoms with Gasteiger partial charge in [-0.3, -0.25) is 9.59 Å². The molecule has 12 heteroatoms. The number of carbonyl (C=O) groups is 3. The molecule has 10 nitrogen and oxygen atoms in total. The number of amides is 4. The lowest BCUT2D eigenvalue weighted by atomic mass is 10.1. The fourth-order valence-electron chi connectivity index (χ4n) is 4.58. The zero-order valence-corrected chi connectivity index (χ0v) is 22.7. The van der Waals surface area contributed by atoms with Crippen molar-refractivity contribution in [3.8, 4) is 0 Å². The Bertz CT molecular complexity index is 1510. The fourth-order valence-corrected chi connectivity index (χ4v) is 5.98. The minimum absolute atomic E-state index is 0. The summed E-state index contributed by atoms with van der Waals surface area (Å²) in [4.78, 5) is 39.2. The molecule has 0 bridgehead atoms. The van der Waals surface area contributed by atoms with Crippen molar-refractivity contribution in [2.75, 3.05) is 23.3 Å². The first-order valence-corrected chi connectivity index (χ1v) is 13.6. The topological polar surface area (TPSA) is 142 Å². The standard InChI is InChI=1S/C27H27N5O5S.ClH/c1-17(28)25(33)29-21-9-7-19(8-10-21)26(34)31-14-13-20-15-22(11-12-24(20)31)38(36,37)32-16-23(30-27(32)35)18-5-3-2-4-6-18;/h2-12,15,17,23H,13-14,16,28H2,1H3,(H,29,33)(H,30,35);1H/t17?,23-;/m1./s1. The highest BCUT2D eigenvalue weighted by molar-refractivity contribution is 7.89. The first kappa shape index (κ1) is 28.1. The summed E-state index contributed by atoms with van der Waals surface area (Å²) in [5, 5.41) is 5.41. The molecule has 0 aromatic heterocycles. The van der Waals surface area contributed by atoms with Crippen LogP contribution in [0.4, 0.5) is 16.2 Å². The molecule has 0 aliphatic carbocycles. The highest BCUT2D eigenvalue weighted by atomic mass is 35.5. The SMILES string of the molecule is CC(N)C(=O)Nc1ccc(C(=O)N2CCc3cc(S(=O)(=O)N4C[C@H](c5ccccc5)NC4=O)ccc32)cc1.Cl. The van der Waals surface area contributed by atoms with E-state index in [1.165, 1.54) is 12.1 Å². The molecule has 4 amide bonds. The highest BCUT2D eigenvalue weighted by Gasteiger charge is 2.39. The minimum atomic E-state index is -4.09. The lowest BCUT2D eigenvalue weighted by Crippen LogP contribution is -2.34. The first-order valence-electron chi connectivity index (χ1n) is 12.1. The Balaban J connectivity index is 0.00000353. The molecule has 39 heavy (non-hydrogen) atoms. The number of benzene rings is 3. The molecule has 5 rings (SSSR count). The second-order valence-electron chi connectivity index (χ2n) is 9.30. The zero-order chi connectivity index (χ0) is 27.0. The number of urea groups is 1. The summed E-state index contributed by atoms with van der Waals surface area (Å²) < 4.78 is 27.6. The highest BCUT2D eigenvalue weighted by Crippen LogP contribution is 2.33. The molecule has 4 N–H and O–H groups in total. The number of carbonyl (C=O) groups excluding carboxylic acids is 3. The van der Waals surface area contributed by atoms with Gasteiger partial charge in [-0.15, -0.1) is 12.4 Å². The largest absolute Gasteiger partial charge is 0.331 e. The summed E-state index contributed by atoms with van der Waals surface area (Å²) in [7, 11) is -4.09. The Morgan fingerprint density at radius 2 is 1.74 bits per heavy atom. The molecule has 1 saturated heterocycles. The number of anilines is 2. The molecular weight excluding hydrogens is 542 g/mol. The third-order valence-corrected chi connectivity index (χ3v) is 8.41. The van der Waals surface area contributed by atoms with Crippen molar-refractivity contribution in [3.63, 3.8) is 0 Å². The number of fused-ring (bicyclic) bond motifs is 1. The molecule has 2 aliphatic rings. The Kier molecular flexibility index (Phi) is 7.96. The molecule has 2 aliphatic heterocycles. The maximum absolute atomic E-state index is 13.4. The van der Waals surface area contributed by atoms with Crippen molar-refractivity contribution in [1.29, 1.82) is 0 Å². The van der Waals surface area contributed by atoms with Crippen molar-refractivity contribution in [2.24, 2.45) is 5.73 Å². The molecule has 1 fully saturated rings. The lowest BCUT2D eigenvalue weighted by Gasteiger charge is -2.19. The van der Waals surface area contributed by atoms with E-state index >= 15 is 0 Å². The van der Waals surface area contributed by atoms with Gasteiger partial charge in [-0.25, -0.2) is 17.5 Å². The molecular formula is C27H28ClN5O5S. The van der Waals surface area contributed by atoms with E-state index in [0.717, 1.165) is 9.87 Å². The molecule has 2 heterocycles. The van der Waals surface area contributed by atoms with Gasteiger partial charge in [-0.1, -0.05) is 30.3 Å². The average Bonchev–Trinajstić information content (AvgIpc) is 3.53. The molecule has 204 valence electrons. The van der Waals surface area contributed by atoms with Gasteiger partial charge in [0.25, 0.3) is 15.9 Å². The average molecular weight is 570 g/mol. The third-order valence-electron chi connectivity index (χ3n) is 6.67. The summed E-state index contributed by atoms with van der Waals surface area (Å²) in [6, 6.07) is 18.5. The van der Waals surface area contributed by atoms with Crippen LogP contribution in [0.3, 0.4) is 0 Å². The first-order chi connectivity index (χ1) is 18.1. The second-order valence-corrected chi connectivity index (χ2v) is 11.2. The Labute approximate surface area is 232 Å². The van der Waals surface area contributed by atoms with E-state index in [2.05, 4.69) is 10.6 Å². The van der Waals surface area contributed by atoms with E-state index in [1.54, 1.807) is 42.2 Å². The van der Waals surface area contributed by atoms with Gasteiger partial charge in [-0.2, -0.15) is 0 Å². The lowest BCUT2D eigenvalue weighted by molar-refractivity contribution is -0.117. The number of nitrogens with two attached hydrogens (primary N) is 1. The van der Waals surface area contributed by atoms with Gasteiger partial charge in [0, 0.05) is 23.5 Å². The third kappa shape index (κ3) is 5.47. The molecule has 0 spiro atoms. The zero-order valence-electron chi connectivity index (χ0n) is 21.0. The Morgan fingerprint density at radius 1 is 1.05 bits per heavy atom. The van der Waals surface area contributed by atoms with E-state index in [4.69, 9.17) is 5.73 Å². The van der Waals surface area contributed by atoms with Gasteiger partial charge in [0.2, 0.25) is 5.91 Å². The Hall–Kier alpha value is -3.93. The molecule has 3 aromatic carbocycles. The van der Waals surface area contributed by atoms with Gasteiger partial charge in [0.1, 0.15) is 0 Å². The van der Waals surface area contributed by atoms with E-state index < -0.39 is 28.1 Å². The van der Waals surface area contributed by atoms with Crippen LogP contribution in [0.2, 0.25) is 0 Å². The van der Waals surface area contributed by atoms with Crippen molar-refractivity contribution < 1.29 is 22.8 Å². The fraction of sp³-hybridized carbons (Fsp3) is 0.222. The monoisotopic (exact) mass is 569 g/mol. The number of sulfonamides is 1. The van der Waals surface area contributed by atoms with E-state index in [0.29, 0.717) is 35.5 Å². The summed E-state index contributed by atoms with van der Waals surface area (Å²) in [5.41, 5.74) is 8.67. The maximum atomic E-state index is 13.4. The van der Waals surface area contributed by atoms with E-state index in [-0.39, 0.29) is 35.7 Å². The normalized spacial score (nSPS) is 17.2. The van der Waals surface area contributed by atoms with Crippen LogP contribution in [-0.2, 0) is 21.2 Å². The summed E-state index contributed by atoms with van der Waals surface area (Å²) in [6.07, 6.45) is 0.478. The van der Waals surface area contributed by atoms with Crippen molar-refractivity contribution >= 4 is 51.7 Å². The van der Waals surface area contributed by atoms with Gasteiger partial charge >= 0.3 is 6.03 Å². The number of halogens is 1. The van der Waals surface area contributed by atoms with Crippen LogP contribution in [0.15, 0.2) is 77.7 Å². The van der Waals surface area contributed by atoms with Crippen LogP contribution in [0.1, 0.15) is 34.5 Å². The second kappa shape index (κ2) is 11.0. The molecule has 1 unspecified atom stereocenters. The van der Waals surface area contributed by atoms with Gasteiger partial charge < -0.3 is 21.3 Å². The number of rotatable bonds is 6. The number of hydrogen-bond donors (Lipinski definition) is 3.